The Balaban J connectivity index is 2.69. The third kappa shape index (κ3) is 2.74. The van der Waals surface area contributed by atoms with E-state index in [9.17, 15) is 0 Å². The van der Waals surface area contributed by atoms with Crippen LogP contribution in [-0.4, -0.2) is 18.0 Å². The second-order valence-electron chi connectivity index (χ2n) is 3.71. The van der Waals surface area contributed by atoms with Crippen molar-refractivity contribution in [1.82, 2.24) is 4.90 Å². The van der Waals surface area contributed by atoms with Crippen LogP contribution in [0.25, 0.3) is 0 Å². The maximum absolute atomic E-state index is 5.84. The number of hydrogen-bond acceptors (Lipinski definition) is 2. The minimum atomic E-state index is 0.555. The van der Waals surface area contributed by atoms with E-state index in [2.05, 4.69) is 31.9 Å². The molecule has 0 aliphatic carbocycles. The molecule has 1 aromatic carbocycles. The SMILES string of the molecule is CC(C)N(C)Cc1ccccc1N. The maximum Gasteiger partial charge on any atom is 0.0359 e. The summed E-state index contributed by atoms with van der Waals surface area (Å²) in [4.78, 5) is 2.27. The molecule has 0 aliphatic rings. The number of anilines is 1. The fraction of sp³-hybridized carbons (Fsp3) is 0.455. The van der Waals surface area contributed by atoms with Crippen LogP contribution in [0.2, 0.25) is 0 Å². The van der Waals surface area contributed by atoms with Crippen molar-refractivity contribution >= 4 is 5.69 Å². The molecule has 0 saturated heterocycles. The molecule has 0 aromatic heterocycles. The van der Waals surface area contributed by atoms with Crippen LogP contribution < -0.4 is 5.73 Å². The summed E-state index contributed by atoms with van der Waals surface area (Å²) in [6.45, 7) is 5.28. The quantitative estimate of drug-likeness (QED) is 0.718. The van der Waals surface area contributed by atoms with Gasteiger partial charge in [-0.1, -0.05) is 18.2 Å². The Bertz CT molecular complexity index is 269. The van der Waals surface area contributed by atoms with E-state index in [1.54, 1.807) is 0 Å². The van der Waals surface area contributed by atoms with Gasteiger partial charge in [-0.25, -0.2) is 0 Å². The average molecular weight is 178 g/mol. The molecule has 0 heterocycles. The minimum Gasteiger partial charge on any atom is -0.398 e. The molecule has 72 valence electrons. The second kappa shape index (κ2) is 4.28. The third-order valence-electron chi connectivity index (χ3n) is 2.36. The molecule has 0 unspecified atom stereocenters. The first-order valence-electron chi connectivity index (χ1n) is 4.65. The molecule has 0 fully saturated rings. The number of rotatable bonds is 3. The highest BCUT2D eigenvalue weighted by Gasteiger charge is 2.05. The van der Waals surface area contributed by atoms with Crippen LogP contribution in [0, 0.1) is 0 Å². The van der Waals surface area contributed by atoms with Gasteiger partial charge in [0.2, 0.25) is 0 Å². The largest absolute Gasteiger partial charge is 0.398 e. The van der Waals surface area contributed by atoms with Gasteiger partial charge in [-0.2, -0.15) is 0 Å². The first-order valence-corrected chi connectivity index (χ1v) is 4.65. The van der Waals surface area contributed by atoms with Crippen molar-refractivity contribution in [3.63, 3.8) is 0 Å². The molecule has 0 aliphatic heterocycles. The van der Waals surface area contributed by atoms with Crippen LogP contribution in [0.5, 0.6) is 0 Å². The number of benzene rings is 1. The Morgan fingerprint density at radius 1 is 1.31 bits per heavy atom. The lowest BCUT2D eigenvalue weighted by atomic mass is 10.1. The molecule has 2 N–H and O–H groups in total. The van der Waals surface area contributed by atoms with Gasteiger partial charge in [0.25, 0.3) is 0 Å². The molecule has 2 heteroatoms. The summed E-state index contributed by atoms with van der Waals surface area (Å²) in [5, 5.41) is 0. The maximum atomic E-state index is 5.84. The summed E-state index contributed by atoms with van der Waals surface area (Å²) in [6, 6.07) is 8.57. The van der Waals surface area contributed by atoms with Crippen LogP contribution in [0.1, 0.15) is 19.4 Å². The molecule has 0 saturated carbocycles. The van der Waals surface area contributed by atoms with E-state index in [-0.39, 0.29) is 0 Å². The number of para-hydroxylation sites is 1. The molecule has 0 bridgehead atoms. The Morgan fingerprint density at radius 3 is 2.46 bits per heavy atom. The van der Waals surface area contributed by atoms with Crippen molar-refractivity contribution in [2.45, 2.75) is 26.4 Å². The molecule has 0 spiro atoms. The van der Waals surface area contributed by atoms with Crippen LogP contribution in [0.15, 0.2) is 24.3 Å². The van der Waals surface area contributed by atoms with Gasteiger partial charge in [-0.3, -0.25) is 4.90 Å². The van der Waals surface area contributed by atoms with E-state index >= 15 is 0 Å². The molecule has 1 aromatic rings. The van der Waals surface area contributed by atoms with Crippen molar-refractivity contribution in [1.29, 1.82) is 0 Å². The summed E-state index contributed by atoms with van der Waals surface area (Å²) >= 11 is 0. The summed E-state index contributed by atoms with van der Waals surface area (Å²) in [6.07, 6.45) is 0. The molecule has 2 nitrogen and oxygen atoms in total. The van der Waals surface area contributed by atoms with E-state index < -0.39 is 0 Å². The van der Waals surface area contributed by atoms with Gasteiger partial charge in [0.15, 0.2) is 0 Å². The topological polar surface area (TPSA) is 29.3 Å². The number of nitrogens with two attached hydrogens (primary N) is 1. The van der Waals surface area contributed by atoms with Crippen molar-refractivity contribution in [3.05, 3.63) is 29.8 Å². The van der Waals surface area contributed by atoms with Gasteiger partial charge in [0.1, 0.15) is 0 Å². The zero-order chi connectivity index (χ0) is 9.84. The second-order valence-corrected chi connectivity index (χ2v) is 3.71. The van der Waals surface area contributed by atoms with Gasteiger partial charge < -0.3 is 5.73 Å². The lowest BCUT2D eigenvalue weighted by molar-refractivity contribution is 0.266. The van der Waals surface area contributed by atoms with E-state index in [4.69, 9.17) is 5.73 Å². The molecule has 1 rings (SSSR count). The number of nitrogens with zero attached hydrogens (tertiary/aromatic N) is 1. The highest BCUT2D eigenvalue weighted by atomic mass is 15.1. The summed E-state index contributed by atoms with van der Waals surface area (Å²) in [7, 11) is 2.11. The number of nitrogen functional groups attached to an aromatic ring is 1. The summed E-state index contributed by atoms with van der Waals surface area (Å²) < 4.78 is 0. The lowest BCUT2D eigenvalue weighted by Crippen LogP contribution is -2.25. The summed E-state index contributed by atoms with van der Waals surface area (Å²) in [5.41, 5.74) is 7.93. The zero-order valence-electron chi connectivity index (χ0n) is 8.62. The highest BCUT2D eigenvalue weighted by Crippen LogP contribution is 2.13. The van der Waals surface area contributed by atoms with Gasteiger partial charge in [0, 0.05) is 18.3 Å². The molecule has 13 heavy (non-hydrogen) atoms. The van der Waals surface area contributed by atoms with Gasteiger partial charge in [0.05, 0.1) is 0 Å². The number of hydrogen-bond donors (Lipinski definition) is 1. The van der Waals surface area contributed by atoms with E-state index in [0.717, 1.165) is 12.2 Å². The van der Waals surface area contributed by atoms with E-state index in [1.807, 2.05) is 18.2 Å². The predicted octanol–water partition coefficient (Wildman–Crippen LogP) is 2.11. The predicted molar refractivity (Wildman–Crippen MR) is 57.5 cm³/mol. The molecule has 0 radical (unpaired) electrons. The standard InChI is InChI=1S/C11H18N2/c1-9(2)13(3)8-10-6-4-5-7-11(10)12/h4-7,9H,8,12H2,1-3H3. The van der Waals surface area contributed by atoms with Gasteiger partial charge in [-0.05, 0) is 32.5 Å². The zero-order valence-corrected chi connectivity index (χ0v) is 8.62. The Morgan fingerprint density at radius 2 is 1.92 bits per heavy atom. The molecule has 0 atom stereocenters. The lowest BCUT2D eigenvalue weighted by Gasteiger charge is -2.21. The first-order chi connectivity index (χ1) is 6.11. The Kier molecular flexibility index (Phi) is 3.32. The monoisotopic (exact) mass is 178 g/mol. The van der Waals surface area contributed by atoms with Crippen LogP contribution >= 0.6 is 0 Å². The van der Waals surface area contributed by atoms with Crippen LogP contribution in [0.3, 0.4) is 0 Å². The molecular weight excluding hydrogens is 160 g/mol. The van der Waals surface area contributed by atoms with Crippen LogP contribution in [0.4, 0.5) is 5.69 Å². The van der Waals surface area contributed by atoms with Gasteiger partial charge in [-0.15, -0.1) is 0 Å². The van der Waals surface area contributed by atoms with E-state index in [1.165, 1.54) is 5.56 Å². The molecule has 0 amide bonds. The fourth-order valence-electron chi connectivity index (χ4n) is 1.13. The van der Waals surface area contributed by atoms with Crippen molar-refractivity contribution < 1.29 is 0 Å². The van der Waals surface area contributed by atoms with Crippen molar-refractivity contribution in [2.24, 2.45) is 0 Å². The smallest absolute Gasteiger partial charge is 0.0359 e. The average Bonchev–Trinajstić information content (AvgIpc) is 2.08. The molecular formula is C11H18N2. The van der Waals surface area contributed by atoms with Crippen molar-refractivity contribution in [3.8, 4) is 0 Å². The summed E-state index contributed by atoms with van der Waals surface area (Å²) in [5.74, 6) is 0. The minimum absolute atomic E-state index is 0.555. The Hall–Kier alpha value is -1.02. The van der Waals surface area contributed by atoms with Crippen LogP contribution in [-0.2, 0) is 6.54 Å². The highest BCUT2D eigenvalue weighted by molar-refractivity contribution is 5.46. The van der Waals surface area contributed by atoms with Crippen molar-refractivity contribution in [2.75, 3.05) is 12.8 Å². The Labute approximate surface area is 80.4 Å². The van der Waals surface area contributed by atoms with Gasteiger partial charge >= 0.3 is 0 Å². The fourth-order valence-corrected chi connectivity index (χ4v) is 1.13. The first kappa shape index (κ1) is 10.1. The third-order valence-corrected chi connectivity index (χ3v) is 2.36. The van der Waals surface area contributed by atoms with E-state index in [0.29, 0.717) is 6.04 Å². The normalized spacial score (nSPS) is 11.2.